The maximum absolute atomic E-state index is 11.5. The van der Waals surface area contributed by atoms with E-state index in [1.165, 1.54) is 5.56 Å². The molecule has 1 aromatic heterocycles. The topological polar surface area (TPSA) is 92.5 Å². The summed E-state index contributed by atoms with van der Waals surface area (Å²) in [7, 11) is 3.75. The second-order valence-electron chi connectivity index (χ2n) is 6.60. The van der Waals surface area contributed by atoms with Gasteiger partial charge in [-0.05, 0) is 12.5 Å². The Balaban J connectivity index is 1.64. The highest BCUT2D eigenvalue weighted by molar-refractivity contribution is 5.69. The van der Waals surface area contributed by atoms with E-state index in [-0.39, 0.29) is 18.7 Å². The van der Waals surface area contributed by atoms with E-state index in [1.807, 2.05) is 44.1 Å². The number of ether oxygens (including phenoxy) is 2. The van der Waals surface area contributed by atoms with Gasteiger partial charge in [0.2, 0.25) is 0 Å². The van der Waals surface area contributed by atoms with Crippen LogP contribution in [0.1, 0.15) is 11.1 Å². The molecule has 0 atom stereocenters. The molecule has 9 nitrogen and oxygen atoms in total. The van der Waals surface area contributed by atoms with E-state index < -0.39 is 0 Å². The first kappa shape index (κ1) is 19.5. The number of anilines is 1. The number of aromatic nitrogens is 2. The largest absolute Gasteiger partial charge is 0.461 e. The molecule has 0 aliphatic carbocycles. The normalized spacial score (nSPS) is 13.8. The molecule has 1 saturated heterocycles. The van der Waals surface area contributed by atoms with Gasteiger partial charge >= 0.3 is 12.1 Å². The Hall–Kier alpha value is -3.23. The van der Waals surface area contributed by atoms with Gasteiger partial charge in [-0.2, -0.15) is 15.1 Å². The van der Waals surface area contributed by atoms with Crippen molar-refractivity contribution in [3.05, 3.63) is 41.5 Å². The van der Waals surface area contributed by atoms with Crippen molar-refractivity contribution < 1.29 is 14.3 Å². The highest BCUT2D eigenvalue weighted by atomic mass is 16.6. The standard InChI is InChI=1S/C19H24N6O3/c1-14-5-4-6-15(11-14)13-20-23-16-12-17(24(2)3)22-18(21-16)27-9-7-25-8-10-28-19(25)26/h4-6,11-12H,7-10,13H2,1-3H3. The second kappa shape index (κ2) is 9.12. The molecule has 1 fully saturated rings. The summed E-state index contributed by atoms with van der Waals surface area (Å²) in [6.07, 6.45) is -0.322. The quantitative estimate of drug-likeness (QED) is 0.650. The predicted molar refractivity (Wildman–Crippen MR) is 104 cm³/mol. The minimum Gasteiger partial charge on any atom is -0.461 e. The van der Waals surface area contributed by atoms with Crippen molar-refractivity contribution in [2.24, 2.45) is 10.2 Å². The molecular weight excluding hydrogens is 360 g/mol. The van der Waals surface area contributed by atoms with Crippen LogP contribution in [0.5, 0.6) is 6.01 Å². The molecule has 0 bridgehead atoms. The summed E-state index contributed by atoms with van der Waals surface area (Å²) in [5.41, 5.74) is 2.27. The van der Waals surface area contributed by atoms with Gasteiger partial charge in [0, 0.05) is 20.2 Å². The van der Waals surface area contributed by atoms with E-state index in [0.29, 0.717) is 37.9 Å². The fourth-order valence-electron chi connectivity index (χ4n) is 2.62. The first-order valence-electron chi connectivity index (χ1n) is 9.05. The number of nitrogens with zero attached hydrogens (tertiary/aromatic N) is 6. The number of carbonyl (C=O) groups is 1. The maximum atomic E-state index is 11.5. The van der Waals surface area contributed by atoms with Crippen molar-refractivity contribution in [2.75, 3.05) is 45.3 Å². The molecule has 1 aromatic carbocycles. The zero-order chi connectivity index (χ0) is 19.9. The average Bonchev–Trinajstić information content (AvgIpc) is 3.07. The van der Waals surface area contributed by atoms with E-state index in [4.69, 9.17) is 9.47 Å². The van der Waals surface area contributed by atoms with Crippen molar-refractivity contribution in [3.8, 4) is 6.01 Å². The SMILES string of the molecule is Cc1cccc(CN=Nc2cc(N(C)C)nc(OCCN3CCOC3=O)n2)c1. The molecule has 2 heterocycles. The van der Waals surface area contributed by atoms with Crippen LogP contribution in [0.25, 0.3) is 0 Å². The van der Waals surface area contributed by atoms with Gasteiger partial charge in [0.05, 0.1) is 19.6 Å². The van der Waals surface area contributed by atoms with Crippen molar-refractivity contribution in [1.29, 1.82) is 0 Å². The van der Waals surface area contributed by atoms with Crippen molar-refractivity contribution >= 4 is 17.7 Å². The lowest BCUT2D eigenvalue weighted by Crippen LogP contribution is -2.29. The molecule has 28 heavy (non-hydrogen) atoms. The molecule has 9 heteroatoms. The van der Waals surface area contributed by atoms with Gasteiger partial charge in [-0.25, -0.2) is 4.79 Å². The lowest BCUT2D eigenvalue weighted by molar-refractivity contribution is 0.152. The number of cyclic esters (lactones) is 1. The van der Waals surface area contributed by atoms with Crippen LogP contribution in [0.15, 0.2) is 40.6 Å². The number of carbonyl (C=O) groups excluding carboxylic acids is 1. The number of rotatable bonds is 8. The van der Waals surface area contributed by atoms with Gasteiger partial charge in [-0.1, -0.05) is 29.8 Å². The summed E-state index contributed by atoms with van der Waals surface area (Å²) < 4.78 is 10.5. The van der Waals surface area contributed by atoms with Crippen LogP contribution >= 0.6 is 0 Å². The van der Waals surface area contributed by atoms with Crippen molar-refractivity contribution in [1.82, 2.24) is 14.9 Å². The third kappa shape index (κ3) is 5.38. The third-order valence-electron chi connectivity index (χ3n) is 4.08. The Labute approximate surface area is 164 Å². The first-order chi connectivity index (χ1) is 13.5. The highest BCUT2D eigenvalue weighted by Gasteiger charge is 2.21. The Morgan fingerprint density at radius 2 is 2.14 bits per heavy atom. The van der Waals surface area contributed by atoms with E-state index in [0.717, 1.165) is 5.56 Å². The minimum atomic E-state index is -0.322. The molecule has 0 N–H and O–H groups in total. The minimum absolute atomic E-state index is 0.197. The van der Waals surface area contributed by atoms with Crippen LogP contribution in [0.4, 0.5) is 16.4 Å². The zero-order valence-electron chi connectivity index (χ0n) is 16.3. The fourth-order valence-corrected chi connectivity index (χ4v) is 2.62. The van der Waals surface area contributed by atoms with E-state index >= 15 is 0 Å². The summed E-state index contributed by atoms with van der Waals surface area (Å²) >= 11 is 0. The third-order valence-corrected chi connectivity index (χ3v) is 4.08. The lowest BCUT2D eigenvalue weighted by atomic mass is 10.1. The monoisotopic (exact) mass is 384 g/mol. The average molecular weight is 384 g/mol. The summed E-state index contributed by atoms with van der Waals surface area (Å²) in [4.78, 5) is 23.5. The van der Waals surface area contributed by atoms with E-state index in [2.05, 4.69) is 26.3 Å². The molecule has 0 radical (unpaired) electrons. The fraction of sp³-hybridized carbons (Fsp3) is 0.421. The Kier molecular flexibility index (Phi) is 6.36. The van der Waals surface area contributed by atoms with Gasteiger partial charge in [-0.15, -0.1) is 5.11 Å². The molecular formula is C19H24N6O3. The number of amides is 1. The molecule has 1 aliphatic heterocycles. The van der Waals surface area contributed by atoms with Gasteiger partial charge in [0.25, 0.3) is 0 Å². The van der Waals surface area contributed by atoms with Crippen LogP contribution in [-0.2, 0) is 11.3 Å². The van der Waals surface area contributed by atoms with Crippen molar-refractivity contribution in [2.45, 2.75) is 13.5 Å². The smallest absolute Gasteiger partial charge is 0.410 e. The first-order valence-corrected chi connectivity index (χ1v) is 9.05. The molecule has 1 aliphatic rings. The number of azo groups is 1. The molecule has 3 rings (SSSR count). The van der Waals surface area contributed by atoms with Crippen LogP contribution < -0.4 is 9.64 Å². The maximum Gasteiger partial charge on any atom is 0.410 e. The Bertz CT molecular complexity index is 855. The van der Waals surface area contributed by atoms with Gasteiger partial charge in [0.1, 0.15) is 19.0 Å². The van der Waals surface area contributed by atoms with Crippen LogP contribution in [0.3, 0.4) is 0 Å². The molecule has 148 valence electrons. The van der Waals surface area contributed by atoms with Gasteiger partial charge in [-0.3, -0.25) is 0 Å². The summed E-state index contributed by atoms with van der Waals surface area (Å²) in [5, 5.41) is 8.45. The zero-order valence-corrected chi connectivity index (χ0v) is 16.3. The Morgan fingerprint density at radius 3 is 2.86 bits per heavy atom. The number of aryl methyl sites for hydroxylation is 1. The predicted octanol–water partition coefficient (Wildman–Crippen LogP) is 2.97. The van der Waals surface area contributed by atoms with Crippen molar-refractivity contribution in [3.63, 3.8) is 0 Å². The molecule has 0 saturated carbocycles. The summed E-state index contributed by atoms with van der Waals surface area (Å²) in [6.45, 7) is 4.18. The number of hydrogen-bond acceptors (Lipinski definition) is 8. The van der Waals surface area contributed by atoms with Gasteiger partial charge in [0.15, 0.2) is 5.82 Å². The van der Waals surface area contributed by atoms with E-state index in [1.54, 1.807) is 11.0 Å². The second-order valence-corrected chi connectivity index (χ2v) is 6.60. The van der Waals surface area contributed by atoms with Crippen LogP contribution in [0.2, 0.25) is 0 Å². The van der Waals surface area contributed by atoms with Crippen LogP contribution in [0, 0.1) is 6.92 Å². The van der Waals surface area contributed by atoms with Gasteiger partial charge < -0.3 is 19.3 Å². The molecule has 0 spiro atoms. The number of benzene rings is 1. The molecule has 1 amide bonds. The Morgan fingerprint density at radius 1 is 1.29 bits per heavy atom. The lowest BCUT2D eigenvalue weighted by Gasteiger charge is -2.14. The number of hydrogen-bond donors (Lipinski definition) is 0. The molecule has 0 unspecified atom stereocenters. The van der Waals surface area contributed by atoms with Crippen LogP contribution in [-0.4, -0.2) is 61.4 Å². The highest BCUT2D eigenvalue weighted by Crippen LogP contribution is 2.21. The van der Waals surface area contributed by atoms with E-state index in [9.17, 15) is 4.79 Å². The summed E-state index contributed by atoms with van der Waals surface area (Å²) in [5.74, 6) is 1.08. The molecule has 2 aromatic rings. The summed E-state index contributed by atoms with van der Waals surface area (Å²) in [6, 6.07) is 10.1.